The van der Waals surface area contributed by atoms with Crippen molar-refractivity contribution in [2.24, 2.45) is 29.1 Å². The predicted octanol–water partition coefficient (Wildman–Crippen LogP) is 5.24. The lowest BCUT2D eigenvalue weighted by atomic mass is 9.77. The maximum Gasteiger partial charge on any atom is 0.417 e. The molecule has 2 saturated carbocycles. The molecule has 0 aromatic carbocycles. The standard InChI is InChI=1S/C25H33F3N2O2/c1-16-15-32-8-5-18(16)9-17-10-20-3-2-6-24(20,12-17)23(31)30-7-4-22-19(14-30)11-21(13-29-22)25(26,27)28/h11,13,16-18,20H,2-10,12,14-15H2,1H3/t16-,17+,18+,20+,24+/m0/s1. The highest BCUT2D eigenvalue weighted by Gasteiger charge is 2.56. The van der Waals surface area contributed by atoms with Gasteiger partial charge in [0.25, 0.3) is 0 Å². The molecule has 1 saturated heterocycles. The summed E-state index contributed by atoms with van der Waals surface area (Å²) in [5, 5.41) is 0. The molecule has 1 aromatic rings. The average Bonchev–Trinajstić information content (AvgIpc) is 3.31. The van der Waals surface area contributed by atoms with Gasteiger partial charge in [-0.15, -0.1) is 0 Å². The molecule has 1 aromatic heterocycles. The maximum absolute atomic E-state index is 13.9. The molecule has 5 rings (SSSR count). The lowest BCUT2D eigenvalue weighted by Gasteiger charge is -2.37. The molecule has 4 aliphatic rings. The Hall–Kier alpha value is -1.63. The van der Waals surface area contributed by atoms with Crippen LogP contribution in [-0.4, -0.2) is 35.5 Å². The van der Waals surface area contributed by atoms with Crippen LogP contribution in [0.15, 0.2) is 12.3 Å². The Labute approximate surface area is 187 Å². The van der Waals surface area contributed by atoms with Gasteiger partial charge in [0, 0.05) is 44.6 Å². The van der Waals surface area contributed by atoms with Crippen LogP contribution in [0.4, 0.5) is 13.2 Å². The van der Waals surface area contributed by atoms with Crippen molar-refractivity contribution in [3.05, 3.63) is 29.1 Å². The molecule has 0 N–H and O–H groups in total. The number of carbonyl (C=O) groups is 1. The molecular formula is C25H33F3N2O2. The summed E-state index contributed by atoms with van der Waals surface area (Å²) in [7, 11) is 0. The Morgan fingerprint density at radius 2 is 2.19 bits per heavy atom. The zero-order valence-corrected chi connectivity index (χ0v) is 18.8. The molecule has 0 unspecified atom stereocenters. The Bertz CT molecular complexity index is 873. The minimum absolute atomic E-state index is 0.186. The molecule has 2 aliphatic carbocycles. The third-order valence-corrected chi connectivity index (χ3v) is 8.76. The summed E-state index contributed by atoms with van der Waals surface area (Å²) in [6.07, 6.45) is 4.52. The van der Waals surface area contributed by atoms with Crippen LogP contribution in [0.1, 0.15) is 68.7 Å². The monoisotopic (exact) mass is 450 g/mol. The van der Waals surface area contributed by atoms with Gasteiger partial charge in [0.2, 0.25) is 5.91 Å². The van der Waals surface area contributed by atoms with E-state index < -0.39 is 11.7 Å². The van der Waals surface area contributed by atoms with E-state index in [1.54, 1.807) is 0 Å². The van der Waals surface area contributed by atoms with E-state index in [-0.39, 0.29) is 17.9 Å². The first-order chi connectivity index (χ1) is 15.3. The van der Waals surface area contributed by atoms with Crippen molar-refractivity contribution in [1.82, 2.24) is 9.88 Å². The molecule has 0 spiro atoms. The van der Waals surface area contributed by atoms with Crippen molar-refractivity contribution in [1.29, 1.82) is 0 Å². The fourth-order valence-corrected chi connectivity index (χ4v) is 7.08. The molecular weight excluding hydrogens is 417 g/mol. The maximum atomic E-state index is 13.9. The predicted molar refractivity (Wildman–Crippen MR) is 114 cm³/mol. The van der Waals surface area contributed by atoms with E-state index in [1.165, 1.54) is 12.5 Å². The van der Waals surface area contributed by atoms with Gasteiger partial charge >= 0.3 is 6.18 Å². The normalized spacial score (nSPS) is 34.9. The summed E-state index contributed by atoms with van der Waals surface area (Å²) < 4.78 is 45.1. The molecule has 4 nitrogen and oxygen atoms in total. The fourth-order valence-electron chi connectivity index (χ4n) is 7.08. The molecule has 0 bridgehead atoms. The largest absolute Gasteiger partial charge is 0.417 e. The third kappa shape index (κ3) is 3.95. The zero-order valence-electron chi connectivity index (χ0n) is 18.8. The molecule has 5 atom stereocenters. The number of pyridine rings is 1. The highest BCUT2D eigenvalue weighted by atomic mass is 19.4. The number of aromatic nitrogens is 1. The summed E-state index contributed by atoms with van der Waals surface area (Å²) in [4.78, 5) is 19.8. The minimum Gasteiger partial charge on any atom is -0.381 e. The first-order valence-corrected chi connectivity index (χ1v) is 12.2. The van der Waals surface area contributed by atoms with Crippen molar-refractivity contribution in [2.45, 2.75) is 71.0 Å². The van der Waals surface area contributed by atoms with Crippen LogP contribution in [0, 0.1) is 29.1 Å². The van der Waals surface area contributed by atoms with E-state index >= 15 is 0 Å². The van der Waals surface area contributed by atoms with Crippen molar-refractivity contribution < 1.29 is 22.7 Å². The van der Waals surface area contributed by atoms with Gasteiger partial charge in [0.05, 0.1) is 11.0 Å². The third-order valence-electron chi connectivity index (χ3n) is 8.76. The highest BCUT2D eigenvalue weighted by molar-refractivity contribution is 5.84. The number of halogens is 3. The smallest absolute Gasteiger partial charge is 0.381 e. The van der Waals surface area contributed by atoms with Gasteiger partial charge in [0.1, 0.15) is 0 Å². The number of fused-ring (bicyclic) bond motifs is 2. The van der Waals surface area contributed by atoms with Gasteiger partial charge in [-0.1, -0.05) is 13.3 Å². The minimum atomic E-state index is -4.41. The van der Waals surface area contributed by atoms with E-state index in [9.17, 15) is 18.0 Å². The first-order valence-electron chi connectivity index (χ1n) is 12.2. The van der Waals surface area contributed by atoms with Crippen LogP contribution in [0.25, 0.3) is 0 Å². The lowest BCUT2D eigenvalue weighted by Crippen LogP contribution is -2.46. The van der Waals surface area contributed by atoms with E-state index in [4.69, 9.17) is 4.74 Å². The van der Waals surface area contributed by atoms with Crippen molar-refractivity contribution >= 4 is 5.91 Å². The second-order valence-corrected chi connectivity index (χ2v) is 10.7. The molecule has 1 amide bonds. The molecule has 176 valence electrons. The molecule has 3 fully saturated rings. The van der Waals surface area contributed by atoms with Gasteiger partial charge in [0.15, 0.2) is 0 Å². The Morgan fingerprint density at radius 1 is 1.34 bits per heavy atom. The topological polar surface area (TPSA) is 42.4 Å². The number of rotatable bonds is 3. The first kappa shape index (κ1) is 22.2. The quantitative estimate of drug-likeness (QED) is 0.632. The highest BCUT2D eigenvalue weighted by Crippen LogP contribution is 2.59. The summed E-state index contributed by atoms with van der Waals surface area (Å²) >= 11 is 0. The fraction of sp³-hybridized carbons (Fsp3) is 0.760. The number of hydrogen-bond donors (Lipinski definition) is 0. The average molecular weight is 451 g/mol. The summed E-state index contributed by atoms with van der Waals surface area (Å²) in [5.74, 6) is 2.44. The van der Waals surface area contributed by atoms with Gasteiger partial charge in [-0.2, -0.15) is 13.2 Å². The van der Waals surface area contributed by atoms with E-state index in [2.05, 4.69) is 11.9 Å². The number of ether oxygens (including phenoxy) is 1. The second-order valence-electron chi connectivity index (χ2n) is 10.7. The van der Waals surface area contributed by atoms with Gasteiger partial charge < -0.3 is 9.64 Å². The van der Waals surface area contributed by atoms with Crippen molar-refractivity contribution in [3.8, 4) is 0 Å². The van der Waals surface area contributed by atoms with Crippen molar-refractivity contribution in [3.63, 3.8) is 0 Å². The van der Waals surface area contributed by atoms with Crippen molar-refractivity contribution in [2.75, 3.05) is 19.8 Å². The van der Waals surface area contributed by atoms with Crippen LogP contribution in [-0.2, 0) is 28.7 Å². The van der Waals surface area contributed by atoms with Crippen LogP contribution in [0.3, 0.4) is 0 Å². The van der Waals surface area contributed by atoms with E-state index in [0.717, 1.165) is 57.9 Å². The number of carbonyl (C=O) groups excluding carboxylic acids is 1. The van der Waals surface area contributed by atoms with Gasteiger partial charge in [-0.3, -0.25) is 9.78 Å². The van der Waals surface area contributed by atoms with Gasteiger partial charge in [-0.25, -0.2) is 0 Å². The van der Waals surface area contributed by atoms with E-state index in [1.807, 2.05) is 4.90 Å². The Kier molecular flexibility index (Phi) is 5.75. The Balaban J connectivity index is 1.31. The summed E-state index contributed by atoms with van der Waals surface area (Å²) in [6, 6.07) is 1.19. The number of hydrogen-bond acceptors (Lipinski definition) is 3. The number of alkyl halides is 3. The molecule has 32 heavy (non-hydrogen) atoms. The van der Waals surface area contributed by atoms with E-state index in [0.29, 0.717) is 47.9 Å². The van der Waals surface area contributed by atoms with Crippen LogP contribution >= 0.6 is 0 Å². The second kappa shape index (κ2) is 8.30. The summed E-state index contributed by atoms with van der Waals surface area (Å²) in [5.41, 5.74) is 0.219. The molecule has 3 heterocycles. The lowest BCUT2D eigenvalue weighted by molar-refractivity contribution is -0.144. The summed E-state index contributed by atoms with van der Waals surface area (Å²) in [6.45, 7) is 4.76. The Morgan fingerprint density at radius 3 is 2.97 bits per heavy atom. The van der Waals surface area contributed by atoms with Crippen LogP contribution in [0.2, 0.25) is 0 Å². The van der Waals surface area contributed by atoms with Crippen LogP contribution in [0.5, 0.6) is 0 Å². The SMILES string of the molecule is C[C@H]1COCC[C@@H]1C[C@@H]1C[C@H]2CCC[C@@]2(C(=O)N2CCc3ncc(C(F)(F)F)cc3C2)C1. The van der Waals surface area contributed by atoms with Crippen LogP contribution < -0.4 is 0 Å². The number of nitrogens with zero attached hydrogens (tertiary/aromatic N) is 2. The molecule has 2 aliphatic heterocycles. The van der Waals surface area contributed by atoms with Gasteiger partial charge in [-0.05, 0) is 73.8 Å². The zero-order chi connectivity index (χ0) is 22.5. The molecule has 7 heteroatoms. The number of amides is 1. The molecule has 0 radical (unpaired) electrons.